The average molecular weight is 703 g/mol. The van der Waals surface area contributed by atoms with Crippen LogP contribution in [0, 0.1) is 0 Å². The lowest BCUT2D eigenvalue weighted by Crippen LogP contribution is -1.90. The minimum atomic E-state index is 0.923. The molecule has 0 amide bonds. The molecular weight excluding hydrogens is 673 g/mol. The van der Waals surface area contributed by atoms with E-state index in [9.17, 15) is 0 Å². The summed E-state index contributed by atoms with van der Waals surface area (Å²) < 4.78 is 9.06. The molecule has 0 radical (unpaired) electrons. The Kier molecular flexibility index (Phi) is 6.28. The van der Waals surface area contributed by atoms with E-state index in [-0.39, 0.29) is 0 Å². The lowest BCUT2D eigenvalue weighted by atomic mass is 9.85. The molecule has 0 saturated carbocycles. The Labute approximate surface area is 314 Å². The summed E-state index contributed by atoms with van der Waals surface area (Å²) in [5, 5.41) is 15.1. The first-order valence-corrected chi connectivity index (χ1v) is 19.3. The first kappa shape index (κ1) is 29.8. The lowest BCUT2D eigenvalue weighted by Gasteiger charge is -2.18. The molecule has 54 heavy (non-hydrogen) atoms. The molecule has 250 valence electrons. The van der Waals surface area contributed by atoms with E-state index in [1.165, 1.54) is 102 Å². The van der Waals surface area contributed by atoms with Crippen molar-refractivity contribution < 1.29 is 4.42 Å². The molecule has 0 aliphatic carbocycles. The molecule has 12 rings (SSSR count). The third kappa shape index (κ3) is 4.32. The molecule has 2 heterocycles. The van der Waals surface area contributed by atoms with E-state index in [4.69, 9.17) is 4.42 Å². The van der Waals surface area contributed by atoms with Crippen molar-refractivity contribution in [1.29, 1.82) is 0 Å². The van der Waals surface area contributed by atoms with Crippen LogP contribution in [0.25, 0.3) is 119 Å². The van der Waals surface area contributed by atoms with Gasteiger partial charge in [-0.1, -0.05) is 140 Å². The van der Waals surface area contributed by atoms with Gasteiger partial charge in [-0.15, -0.1) is 11.3 Å². The van der Waals surface area contributed by atoms with Gasteiger partial charge < -0.3 is 4.42 Å². The maximum absolute atomic E-state index is 6.46. The van der Waals surface area contributed by atoms with Crippen LogP contribution in [0.15, 0.2) is 186 Å². The molecule has 1 nitrogen and oxygen atoms in total. The number of hydrogen-bond acceptors (Lipinski definition) is 2. The Balaban J connectivity index is 1.01. The third-order valence-electron chi connectivity index (χ3n) is 11.4. The van der Waals surface area contributed by atoms with Crippen LogP contribution in [0.3, 0.4) is 0 Å². The van der Waals surface area contributed by atoms with Crippen molar-refractivity contribution in [2.24, 2.45) is 0 Å². The second-order valence-corrected chi connectivity index (χ2v) is 15.4. The number of thiophene rings is 1. The highest BCUT2D eigenvalue weighted by molar-refractivity contribution is 7.27. The molecule has 0 unspecified atom stereocenters. The summed E-state index contributed by atoms with van der Waals surface area (Å²) in [5.41, 5.74) is 9.29. The first-order chi connectivity index (χ1) is 26.8. The summed E-state index contributed by atoms with van der Waals surface area (Å²) in [4.78, 5) is 0. The van der Waals surface area contributed by atoms with Crippen molar-refractivity contribution >= 4 is 96.5 Å². The molecule has 12 aromatic rings. The number of rotatable bonds is 3. The van der Waals surface area contributed by atoms with Gasteiger partial charge in [-0.3, -0.25) is 0 Å². The van der Waals surface area contributed by atoms with E-state index in [0.29, 0.717) is 0 Å². The summed E-state index contributed by atoms with van der Waals surface area (Å²) in [6.45, 7) is 0. The Bertz CT molecular complexity index is 3440. The van der Waals surface area contributed by atoms with Gasteiger partial charge in [0.1, 0.15) is 11.2 Å². The molecular formula is C52H30OS. The van der Waals surface area contributed by atoms with Gasteiger partial charge in [-0.25, -0.2) is 0 Å². The highest BCUT2D eigenvalue weighted by Gasteiger charge is 2.19. The van der Waals surface area contributed by atoms with Gasteiger partial charge >= 0.3 is 0 Å². The Morgan fingerprint density at radius 3 is 1.61 bits per heavy atom. The molecule has 10 aromatic carbocycles. The molecule has 0 saturated heterocycles. The molecule has 0 atom stereocenters. The maximum atomic E-state index is 6.46. The predicted molar refractivity (Wildman–Crippen MR) is 233 cm³/mol. The summed E-state index contributed by atoms with van der Waals surface area (Å²) in [6, 6.07) is 66.7. The van der Waals surface area contributed by atoms with Gasteiger partial charge in [0.25, 0.3) is 0 Å². The predicted octanol–water partition coefficient (Wildman–Crippen LogP) is 15.6. The Morgan fingerprint density at radius 1 is 0.315 bits per heavy atom. The summed E-state index contributed by atoms with van der Waals surface area (Å²) in [6.07, 6.45) is 0. The number of furan rings is 1. The van der Waals surface area contributed by atoms with Gasteiger partial charge in [0.05, 0.1) is 0 Å². The smallest absolute Gasteiger partial charge is 0.136 e. The van der Waals surface area contributed by atoms with Gasteiger partial charge in [0.2, 0.25) is 0 Å². The highest BCUT2D eigenvalue weighted by Crippen LogP contribution is 2.46. The van der Waals surface area contributed by atoms with Gasteiger partial charge in [-0.2, -0.15) is 0 Å². The molecule has 0 N–H and O–H groups in total. The van der Waals surface area contributed by atoms with Crippen LogP contribution in [0.1, 0.15) is 0 Å². The van der Waals surface area contributed by atoms with Crippen LogP contribution in [0.5, 0.6) is 0 Å². The number of benzene rings is 10. The monoisotopic (exact) mass is 702 g/mol. The normalized spacial score (nSPS) is 12.1. The minimum absolute atomic E-state index is 0.923. The van der Waals surface area contributed by atoms with Crippen LogP contribution >= 0.6 is 11.3 Å². The van der Waals surface area contributed by atoms with Crippen LogP contribution in [-0.4, -0.2) is 0 Å². The number of fused-ring (bicyclic) bond motifs is 12. The van der Waals surface area contributed by atoms with Gasteiger partial charge in [0.15, 0.2) is 0 Å². The first-order valence-electron chi connectivity index (χ1n) is 18.5. The Morgan fingerprint density at radius 2 is 0.870 bits per heavy atom. The second-order valence-electron chi connectivity index (χ2n) is 14.4. The summed E-state index contributed by atoms with van der Waals surface area (Å²) >= 11 is 1.87. The molecule has 2 aromatic heterocycles. The number of hydrogen-bond donors (Lipinski definition) is 0. The van der Waals surface area contributed by atoms with E-state index in [0.717, 1.165) is 16.6 Å². The zero-order chi connectivity index (χ0) is 35.3. The van der Waals surface area contributed by atoms with Crippen LogP contribution in [0.2, 0.25) is 0 Å². The van der Waals surface area contributed by atoms with Crippen molar-refractivity contribution in [3.63, 3.8) is 0 Å². The molecule has 0 aliphatic rings. The van der Waals surface area contributed by atoms with Crippen LogP contribution < -0.4 is 0 Å². The zero-order valence-electron chi connectivity index (χ0n) is 29.1. The molecule has 0 fully saturated rings. The molecule has 0 aliphatic heterocycles. The zero-order valence-corrected chi connectivity index (χ0v) is 30.0. The molecule has 0 spiro atoms. The molecule has 2 heteroatoms. The third-order valence-corrected chi connectivity index (χ3v) is 12.6. The van der Waals surface area contributed by atoms with E-state index >= 15 is 0 Å². The van der Waals surface area contributed by atoms with Gasteiger partial charge in [0, 0.05) is 30.9 Å². The lowest BCUT2D eigenvalue weighted by molar-refractivity contribution is 0.669. The fourth-order valence-corrected chi connectivity index (χ4v) is 10.3. The molecule has 0 bridgehead atoms. The van der Waals surface area contributed by atoms with Crippen molar-refractivity contribution in [2.75, 3.05) is 0 Å². The van der Waals surface area contributed by atoms with E-state index in [2.05, 4.69) is 182 Å². The quantitative estimate of drug-likeness (QED) is 0.167. The fourth-order valence-electron chi connectivity index (χ4n) is 8.98. The second kappa shape index (κ2) is 11.4. The van der Waals surface area contributed by atoms with Crippen molar-refractivity contribution in [2.45, 2.75) is 0 Å². The fraction of sp³-hybridized carbons (Fsp3) is 0. The van der Waals surface area contributed by atoms with E-state index in [1.54, 1.807) is 0 Å². The van der Waals surface area contributed by atoms with Crippen molar-refractivity contribution in [3.05, 3.63) is 182 Å². The average Bonchev–Trinajstić information content (AvgIpc) is 3.81. The summed E-state index contributed by atoms with van der Waals surface area (Å²) in [7, 11) is 0. The summed E-state index contributed by atoms with van der Waals surface area (Å²) in [5.74, 6) is 0. The van der Waals surface area contributed by atoms with E-state index in [1.807, 2.05) is 11.3 Å². The highest BCUT2D eigenvalue weighted by atomic mass is 32.1. The van der Waals surface area contributed by atoms with Crippen molar-refractivity contribution in [1.82, 2.24) is 0 Å². The topological polar surface area (TPSA) is 13.1 Å². The minimum Gasteiger partial charge on any atom is -0.456 e. The van der Waals surface area contributed by atoms with Crippen LogP contribution in [0.4, 0.5) is 0 Å². The van der Waals surface area contributed by atoms with Crippen molar-refractivity contribution in [3.8, 4) is 33.4 Å². The Hall–Kier alpha value is -6.74. The SMILES string of the molecule is c1ccc(-c2c3ccccc3c(-c3ccc4cc(-c5ccc6oc7ccc8c(sc9ccc%10ccccc%10c98)c7c6c5)ccc4c3)c3ccccc23)cc1. The van der Waals surface area contributed by atoms with E-state index < -0.39 is 0 Å². The van der Waals surface area contributed by atoms with Gasteiger partial charge in [-0.05, 0) is 119 Å². The largest absolute Gasteiger partial charge is 0.456 e. The van der Waals surface area contributed by atoms with Crippen LogP contribution in [-0.2, 0) is 0 Å². The standard InChI is InChI=1S/C52H30OS/c1-2-11-32(12-3-1)48-39-14-6-8-16-41(39)49(42-17-9-7-15-40(42)48)37-21-20-33-28-34(18-19-35(33)29-37)36-22-25-45-44(30-36)51-46(53-45)26-24-43-50-38-13-5-4-10-31(38)23-27-47(50)54-52(43)51/h1-30H. The maximum Gasteiger partial charge on any atom is 0.136 e.